The van der Waals surface area contributed by atoms with Crippen LogP contribution in [-0.4, -0.2) is 25.3 Å². The topological polar surface area (TPSA) is 55.1 Å². The van der Waals surface area contributed by atoms with Crippen LogP contribution in [-0.2, 0) is 13.0 Å². The van der Waals surface area contributed by atoms with Crippen LogP contribution in [0.15, 0.2) is 103 Å². The molecule has 0 fully saturated rings. The van der Waals surface area contributed by atoms with Crippen LogP contribution >= 0.6 is 0 Å². The third kappa shape index (κ3) is 4.08. The van der Waals surface area contributed by atoms with Gasteiger partial charge in [0.1, 0.15) is 11.6 Å². The highest BCUT2D eigenvalue weighted by molar-refractivity contribution is 5.90. The molecule has 0 saturated carbocycles. The van der Waals surface area contributed by atoms with Crippen LogP contribution < -0.4 is 5.32 Å². The number of fused-ring (bicyclic) bond motifs is 3. The van der Waals surface area contributed by atoms with Gasteiger partial charge < -0.3 is 14.8 Å². The predicted octanol–water partition coefficient (Wildman–Crippen LogP) is 6.50. The van der Waals surface area contributed by atoms with E-state index in [1.54, 1.807) is 12.1 Å². The molecule has 0 saturated heterocycles. The summed E-state index contributed by atoms with van der Waals surface area (Å²) < 4.78 is 17.6. The van der Waals surface area contributed by atoms with Crippen molar-refractivity contribution in [3.8, 4) is 11.5 Å². The number of urea groups is 1. The number of amides is 2. The van der Waals surface area contributed by atoms with Crippen molar-refractivity contribution in [3.63, 3.8) is 0 Å². The highest BCUT2D eigenvalue weighted by Gasteiger charge is 2.36. The minimum atomic E-state index is -0.349. The van der Waals surface area contributed by atoms with E-state index in [4.69, 9.17) is 5.10 Å². The van der Waals surface area contributed by atoms with Gasteiger partial charge in [0.25, 0.3) is 0 Å². The minimum Gasteiger partial charge on any atom is -0.308 e. The Balaban J connectivity index is 1.54. The Morgan fingerprint density at radius 2 is 1.65 bits per heavy atom. The fraction of sp³-hybridized carbons (Fsp3) is 0.133. The third-order valence-corrected chi connectivity index (χ3v) is 6.78. The van der Waals surface area contributed by atoms with E-state index in [-0.39, 0.29) is 17.9 Å². The summed E-state index contributed by atoms with van der Waals surface area (Å²) in [7, 11) is 0. The molecule has 6 nitrogen and oxygen atoms in total. The van der Waals surface area contributed by atoms with E-state index in [1.165, 1.54) is 12.1 Å². The van der Waals surface area contributed by atoms with Crippen LogP contribution in [0.2, 0.25) is 0 Å². The smallest absolute Gasteiger partial charge is 0.308 e. The SMILES string of the molecule is CCc1nn(-c2ccccc2)c2c1CN(C(=O)Nc1ccc(F)cc1)C(c1ccccc1)c1cccn1-2. The van der Waals surface area contributed by atoms with Gasteiger partial charge in [-0.05, 0) is 60.5 Å². The molecule has 5 aromatic rings. The monoisotopic (exact) mass is 491 g/mol. The first-order valence-electron chi connectivity index (χ1n) is 12.4. The number of carbonyl (C=O) groups is 1. The fourth-order valence-electron chi connectivity index (χ4n) is 5.06. The summed E-state index contributed by atoms with van der Waals surface area (Å²) in [4.78, 5) is 15.7. The van der Waals surface area contributed by atoms with Gasteiger partial charge in [0.05, 0.1) is 29.7 Å². The summed E-state index contributed by atoms with van der Waals surface area (Å²) in [5.74, 6) is 0.583. The molecule has 184 valence electrons. The number of nitrogens with one attached hydrogen (secondary N) is 1. The number of nitrogens with zero attached hydrogens (tertiary/aromatic N) is 4. The second-order valence-electron chi connectivity index (χ2n) is 9.03. The highest BCUT2D eigenvalue weighted by Crippen LogP contribution is 2.38. The van der Waals surface area contributed by atoms with Crippen molar-refractivity contribution in [1.29, 1.82) is 0 Å². The number of aromatic nitrogens is 3. The summed E-state index contributed by atoms with van der Waals surface area (Å²) in [6, 6.07) is 29.4. The second kappa shape index (κ2) is 9.43. The molecule has 1 unspecified atom stereocenters. The van der Waals surface area contributed by atoms with Crippen LogP contribution in [0.3, 0.4) is 0 Å². The fourth-order valence-corrected chi connectivity index (χ4v) is 5.06. The van der Waals surface area contributed by atoms with E-state index in [1.807, 2.05) is 82.5 Å². The number of para-hydroxylation sites is 1. The Morgan fingerprint density at radius 3 is 2.35 bits per heavy atom. The number of hydrogen-bond acceptors (Lipinski definition) is 2. The van der Waals surface area contributed by atoms with Gasteiger partial charge >= 0.3 is 6.03 Å². The molecular weight excluding hydrogens is 465 g/mol. The maximum atomic E-state index is 13.9. The van der Waals surface area contributed by atoms with Crippen molar-refractivity contribution in [2.45, 2.75) is 25.9 Å². The van der Waals surface area contributed by atoms with Gasteiger partial charge in [0.2, 0.25) is 0 Å². The zero-order chi connectivity index (χ0) is 25.4. The first-order valence-corrected chi connectivity index (χ1v) is 12.4. The van der Waals surface area contributed by atoms with Crippen LogP contribution in [0.25, 0.3) is 11.5 Å². The molecule has 1 aliphatic heterocycles. The summed E-state index contributed by atoms with van der Waals surface area (Å²) in [6.45, 7) is 2.44. The van der Waals surface area contributed by atoms with Crippen molar-refractivity contribution < 1.29 is 9.18 Å². The van der Waals surface area contributed by atoms with Crippen molar-refractivity contribution in [3.05, 3.63) is 132 Å². The predicted molar refractivity (Wildman–Crippen MR) is 142 cm³/mol. The lowest BCUT2D eigenvalue weighted by atomic mass is 10.0. The summed E-state index contributed by atoms with van der Waals surface area (Å²) in [6.07, 6.45) is 2.76. The zero-order valence-corrected chi connectivity index (χ0v) is 20.4. The lowest BCUT2D eigenvalue weighted by molar-refractivity contribution is 0.194. The van der Waals surface area contributed by atoms with Crippen molar-refractivity contribution >= 4 is 11.7 Å². The average Bonchev–Trinajstić information content (AvgIpc) is 3.52. The molecule has 3 aromatic carbocycles. The highest BCUT2D eigenvalue weighted by atomic mass is 19.1. The maximum Gasteiger partial charge on any atom is 0.322 e. The third-order valence-electron chi connectivity index (χ3n) is 6.78. The molecule has 2 aromatic heterocycles. The van der Waals surface area contributed by atoms with Crippen LogP contribution in [0.1, 0.15) is 35.5 Å². The first kappa shape index (κ1) is 22.8. The molecule has 1 atom stereocenters. The molecule has 0 spiro atoms. The molecular formula is C30H26FN5O. The maximum absolute atomic E-state index is 13.9. The first-order chi connectivity index (χ1) is 18.1. The van der Waals surface area contributed by atoms with Gasteiger partial charge in [-0.1, -0.05) is 55.5 Å². The van der Waals surface area contributed by atoms with Gasteiger partial charge in [-0.15, -0.1) is 0 Å². The van der Waals surface area contributed by atoms with Crippen molar-refractivity contribution in [2.75, 3.05) is 5.32 Å². The number of benzene rings is 3. The number of rotatable bonds is 4. The quantitative estimate of drug-likeness (QED) is 0.312. The van der Waals surface area contributed by atoms with Gasteiger partial charge in [-0.3, -0.25) is 0 Å². The number of hydrogen-bond donors (Lipinski definition) is 1. The molecule has 3 heterocycles. The molecule has 6 rings (SSSR count). The molecule has 7 heteroatoms. The Bertz CT molecular complexity index is 1540. The molecule has 0 aliphatic carbocycles. The number of halogens is 1. The molecule has 2 amide bonds. The van der Waals surface area contributed by atoms with Crippen LogP contribution in [0.5, 0.6) is 0 Å². The van der Waals surface area contributed by atoms with Gasteiger partial charge in [0, 0.05) is 17.4 Å². The Labute approximate surface area is 214 Å². The van der Waals surface area contributed by atoms with Gasteiger partial charge in [-0.2, -0.15) is 5.10 Å². The summed E-state index contributed by atoms with van der Waals surface area (Å²) in [5.41, 5.74) is 5.38. The van der Waals surface area contributed by atoms with Crippen molar-refractivity contribution in [2.24, 2.45) is 0 Å². The zero-order valence-electron chi connectivity index (χ0n) is 20.4. The summed E-state index contributed by atoms with van der Waals surface area (Å²) >= 11 is 0. The minimum absolute atomic E-state index is 0.268. The molecule has 0 radical (unpaired) electrons. The van der Waals surface area contributed by atoms with E-state index in [0.29, 0.717) is 12.2 Å². The van der Waals surface area contributed by atoms with Gasteiger partial charge in [-0.25, -0.2) is 13.9 Å². The Kier molecular flexibility index (Phi) is 5.81. The average molecular weight is 492 g/mol. The lowest BCUT2D eigenvalue weighted by Gasteiger charge is -2.31. The van der Waals surface area contributed by atoms with E-state index < -0.39 is 0 Å². The second-order valence-corrected chi connectivity index (χ2v) is 9.03. The lowest BCUT2D eigenvalue weighted by Crippen LogP contribution is -2.38. The standard InChI is InChI=1S/C30H26FN5O/c1-2-26-25-20-35(30(37)32-23-17-15-22(31)16-18-23)28(21-10-5-3-6-11-21)27-14-9-19-34(27)29(25)36(33-26)24-12-7-4-8-13-24/h3-19,28H,2,20H2,1H3,(H,32,37). The van der Waals surface area contributed by atoms with E-state index in [9.17, 15) is 9.18 Å². The molecule has 0 bridgehead atoms. The number of carbonyl (C=O) groups excluding carboxylic acids is 1. The molecule has 37 heavy (non-hydrogen) atoms. The summed E-state index contributed by atoms with van der Waals surface area (Å²) in [5, 5.41) is 7.96. The van der Waals surface area contributed by atoms with E-state index in [2.05, 4.69) is 22.9 Å². The largest absolute Gasteiger partial charge is 0.322 e. The van der Waals surface area contributed by atoms with Crippen molar-refractivity contribution in [1.82, 2.24) is 19.2 Å². The van der Waals surface area contributed by atoms with E-state index >= 15 is 0 Å². The van der Waals surface area contributed by atoms with Crippen LogP contribution in [0, 0.1) is 5.82 Å². The van der Waals surface area contributed by atoms with E-state index in [0.717, 1.165) is 40.4 Å². The molecule has 1 aliphatic rings. The number of anilines is 1. The Morgan fingerprint density at radius 1 is 0.946 bits per heavy atom. The Hall–Kier alpha value is -4.65. The molecule has 1 N–H and O–H groups in total. The normalized spacial score (nSPS) is 14.5. The number of aryl methyl sites for hydroxylation is 1. The van der Waals surface area contributed by atoms with Gasteiger partial charge in [0.15, 0.2) is 0 Å². The van der Waals surface area contributed by atoms with Crippen LogP contribution in [0.4, 0.5) is 14.9 Å².